The third-order valence-electron chi connectivity index (χ3n) is 4.22. The molecule has 0 saturated carbocycles. The van der Waals surface area contributed by atoms with E-state index in [2.05, 4.69) is 10.3 Å². The van der Waals surface area contributed by atoms with Crippen LogP contribution < -0.4 is 10.9 Å². The Morgan fingerprint density at radius 1 is 1.24 bits per heavy atom. The average Bonchev–Trinajstić information content (AvgIpc) is 3.38. The summed E-state index contributed by atoms with van der Waals surface area (Å²) in [6.07, 6.45) is 0. The van der Waals surface area contributed by atoms with Crippen LogP contribution in [0.4, 0.5) is 10.1 Å². The third-order valence-corrected chi connectivity index (χ3v) is 6.97. The minimum absolute atomic E-state index is 0.0939. The number of benzene rings is 1. The Morgan fingerprint density at radius 2 is 2.03 bits per heavy atom. The van der Waals surface area contributed by atoms with E-state index in [0.717, 1.165) is 10.4 Å². The minimum Gasteiger partial charge on any atom is -0.325 e. The van der Waals surface area contributed by atoms with Crippen LogP contribution in [0.25, 0.3) is 20.7 Å². The van der Waals surface area contributed by atoms with Gasteiger partial charge in [0, 0.05) is 28.1 Å². The van der Waals surface area contributed by atoms with Crippen molar-refractivity contribution in [2.45, 2.75) is 18.6 Å². The second-order valence-corrected chi connectivity index (χ2v) is 8.84. The van der Waals surface area contributed by atoms with E-state index in [0.29, 0.717) is 27.6 Å². The Bertz CT molecular complexity index is 1210. The smallest absolute Gasteiger partial charge is 0.263 e. The Morgan fingerprint density at radius 3 is 2.72 bits per heavy atom. The maximum Gasteiger partial charge on any atom is 0.263 e. The molecule has 0 fully saturated rings. The van der Waals surface area contributed by atoms with E-state index in [9.17, 15) is 14.0 Å². The van der Waals surface area contributed by atoms with Gasteiger partial charge in [0.15, 0.2) is 5.16 Å². The first-order valence-electron chi connectivity index (χ1n) is 8.81. The molecule has 0 bridgehead atoms. The molecule has 148 valence electrons. The number of nitrogens with one attached hydrogen (secondary N) is 1. The van der Waals surface area contributed by atoms with Crippen LogP contribution in [0.1, 0.15) is 6.92 Å². The molecular weight excluding hydrogens is 429 g/mol. The van der Waals surface area contributed by atoms with Gasteiger partial charge in [0.05, 0.1) is 11.1 Å². The Balaban J connectivity index is 1.58. The number of amides is 1. The monoisotopic (exact) mass is 445 g/mol. The lowest BCUT2D eigenvalue weighted by Gasteiger charge is -2.10. The van der Waals surface area contributed by atoms with E-state index in [-0.39, 0.29) is 23.0 Å². The van der Waals surface area contributed by atoms with Gasteiger partial charge >= 0.3 is 0 Å². The van der Waals surface area contributed by atoms with E-state index < -0.39 is 0 Å². The normalized spacial score (nSPS) is 11.1. The second kappa shape index (κ2) is 8.48. The maximum atomic E-state index is 13.1. The second-order valence-electron chi connectivity index (χ2n) is 6.09. The van der Waals surface area contributed by atoms with Crippen LogP contribution in [-0.4, -0.2) is 21.2 Å². The molecule has 4 rings (SSSR count). The number of carbonyl (C=O) groups is 1. The molecule has 0 aliphatic rings. The quantitative estimate of drug-likeness (QED) is 0.332. The molecule has 0 radical (unpaired) electrons. The number of hydrogen-bond acceptors (Lipinski definition) is 6. The fourth-order valence-corrected chi connectivity index (χ4v) is 5.53. The number of hydrogen-bond donors (Lipinski definition) is 1. The molecule has 1 aromatic carbocycles. The van der Waals surface area contributed by atoms with E-state index in [1.165, 1.54) is 47.4 Å². The predicted octanol–water partition coefficient (Wildman–Crippen LogP) is 5.08. The van der Waals surface area contributed by atoms with Gasteiger partial charge < -0.3 is 5.32 Å². The number of thioether (sulfide) groups is 1. The molecule has 0 aliphatic carbocycles. The lowest BCUT2D eigenvalue weighted by Crippen LogP contribution is -2.23. The number of thiophene rings is 2. The van der Waals surface area contributed by atoms with E-state index in [4.69, 9.17) is 0 Å². The molecule has 9 heteroatoms. The van der Waals surface area contributed by atoms with Gasteiger partial charge in [0.2, 0.25) is 5.91 Å². The van der Waals surface area contributed by atoms with Gasteiger partial charge in [-0.3, -0.25) is 14.2 Å². The first-order valence-corrected chi connectivity index (χ1v) is 11.6. The number of nitrogens with zero attached hydrogens (tertiary/aromatic N) is 2. The summed E-state index contributed by atoms with van der Waals surface area (Å²) in [5, 5.41) is 7.79. The molecule has 5 nitrogen and oxygen atoms in total. The van der Waals surface area contributed by atoms with Gasteiger partial charge in [0.1, 0.15) is 10.6 Å². The third kappa shape index (κ3) is 4.12. The van der Waals surface area contributed by atoms with E-state index >= 15 is 0 Å². The Labute approximate surface area is 178 Å². The molecule has 0 atom stereocenters. The van der Waals surface area contributed by atoms with Crippen LogP contribution in [0.2, 0.25) is 0 Å². The summed E-state index contributed by atoms with van der Waals surface area (Å²) in [7, 11) is 0. The summed E-state index contributed by atoms with van der Waals surface area (Å²) in [6.45, 7) is 2.35. The molecule has 0 unspecified atom stereocenters. The van der Waals surface area contributed by atoms with Crippen molar-refractivity contribution in [3.8, 4) is 10.4 Å². The van der Waals surface area contributed by atoms with Crippen LogP contribution in [0, 0.1) is 5.82 Å². The number of rotatable bonds is 6. The van der Waals surface area contributed by atoms with E-state index in [1.807, 2.05) is 29.8 Å². The van der Waals surface area contributed by atoms with Crippen molar-refractivity contribution in [3.63, 3.8) is 0 Å². The number of carbonyl (C=O) groups excluding carboxylic acids is 1. The van der Waals surface area contributed by atoms with Gasteiger partial charge in [-0.1, -0.05) is 17.8 Å². The van der Waals surface area contributed by atoms with Crippen LogP contribution in [0.5, 0.6) is 0 Å². The summed E-state index contributed by atoms with van der Waals surface area (Å²) in [6, 6.07) is 9.53. The van der Waals surface area contributed by atoms with Crippen LogP contribution in [-0.2, 0) is 11.3 Å². The molecular formula is C20H16FN3O2S3. The van der Waals surface area contributed by atoms with Crippen molar-refractivity contribution >= 4 is 56.2 Å². The van der Waals surface area contributed by atoms with E-state index in [1.54, 1.807) is 15.9 Å². The SMILES string of the molecule is CCn1c(SCC(=O)Nc2ccc(F)cc2)nc2scc(-c3cccs3)c2c1=O. The number of anilines is 1. The molecule has 1 amide bonds. The van der Waals surface area contributed by atoms with Gasteiger partial charge in [0.25, 0.3) is 5.56 Å². The molecule has 3 aromatic heterocycles. The zero-order valence-corrected chi connectivity index (χ0v) is 17.8. The van der Waals surface area contributed by atoms with Gasteiger partial charge in [-0.15, -0.1) is 22.7 Å². The van der Waals surface area contributed by atoms with Crippen molar-refractivity contribution in [2.24, 2.45) is 0 Å². The lowest BCUT2D eigenvalue weighted by atomic mass is 10.2. The molecule has 3 heterocycles. The topological polar surface area (TPSA) is 64.0 Å². The van der Waals surface area contributed by atoms with Crippen molar-refractivity contribution in [1.82, 2.24) is 9.55 Å². The summed E-state index contributed by atoms with van der Waals surface area (Å²) in [5.74, 6) is -0.512. The highest BCUT2D eigenvalue weighted by Crippen LogP contribution is 2.34. The van der Waals surface area contributed by atoms with Crippen LogP contribution in [0.3, 0.4) is 0 Å². The lowest BCUT2D eigenvalue weighted by molar-refractivity contribution is -0.113. The summed E-state index contributed by atoms with van der Waals surface area (Å²) in [4.78, 5) is 31.7. The Hall–Kier alpha value is -2.49. The fourth-order valence-electron chi connectivity index (χ4n) is 2.87. The first kappa shape index (κ1) is 19.8. The summed E-state index contributed by atoms with van der Waals surface area (Å²) < 4.78 is 14.6. The van der Waals surface area contributed by atoms with Crippen molar-refractivity contribution in [2.75, 3.05) is 11.1 Å². The van der Waals surface area contributed by atoms with Gasteiger partial charge in [-0.05, 0) is 42.6 Å². The number of fused-ring (bicyclic) bond motifs is 1. The summed E-state index contributed by atoms with van der Waals surface area (Å²) in [5.41, 5.74) is 1.33. The number of aromatic nitrogens is 2. The molecule has 1 N–H and O–H groups in total. The zero-order chi connectivity index (χ0) is 20.4. The first-order chi connectivity index (χ1) is 14.1. The molecule has 0 saturated heterocycles. The standard InChI is InChI=1S/C20H16FN3O2S3/c1-2-24-19(26)17-14(15-4-3-9-27-15)10-28-18(17)23-20(24)29-11-16(25)22-13-7-5-12(21)6-8-13/h3-10H,2,11H2,1H3,(H,22,25). The predicted molar refractivity (Wildman–Crippen MR) is 119 cm³/mol. The molecule has 29 heavy (non-hydrogen) atoms. The maximum absolute atomic E-state index is 13.1. The summed E-state index contributed by atoms with van der Waals surface area (Å²) >= 11 is 4.23. The van der Waals surface area contributed by atoms with Gasteiger partial charge in [-0.2, -0.15) is 0 Å². The largest absolute Gasteiger partial charge is 0.325 e. The minimum atomic E-state index is -0.361. The van der Waals surface area contributed by atoms with Crippen molar-refractivity contribution in [3.05, 3.63) is 63.3 Å². The van der Waals surface area contributed by atoms with Crippen molar-refractivity contribution < 1.29 is 9.18 Å². The van der Waals surface area contributed by atoms with Crippen molar-refractivity contribution in [1.29, 1.82) is 0 Å². The number of halogens is 1. The van der Waals surface area contributed by atoms with Crippen LogP contribution in [0.15, 0.2) is 57.1 Å². The highest BCUT2D eigenvalue weighted by atomic mass is 32.2. The average molecular weight is 446 g/mol. The fraction of sp³-hybridized carbons (Fsp3) is 0.150. The molecule has 4 aromatic rings. The molecule has 0 spiro atoms. The van der Waals surface area contributed by atoms with Crippen LogP contribution >= 0.6 is 34.4 Å². The molecule has 0 aliphatic heterocycles. The van der Waals surface area contributed by atoms with Gasteiger partial charge in [-0.25, -0.2) is 9.37 Å². The highest BCUT2D eigenvalue weighted by molar-refractivity contribution is 7.99. The Kier molecular flexibility index (Phi) is 5.79. The zero-order valence-electron chi connectivity index (χ0n) is 15.3. The highest BCUT2D eigenvalue weighted by Gasteiger charge is 2.18.